The third kappa shape index (κ3) is 2.13. The highest BCUT2D eigenvalue weighted by molar-refractivity contribution is 6.01. The summed E-state index contributed by atoms with van der Waals surface area (Å²) in [5.41, 5.74) is 0.562. The quantitative estimate of drug-likeness (QED) is 0.856. The van der Waals surface area contributed by atoms with Crippen molar-refractivity contribution < 1.29 is 9.53 Å². The molecule has 0 unspecified atom stereocenters. The number of likely N-dealkylation sites (N-methyl/N-ethyl adjacent to an activating group) is 2. The minimum absolute atomic E-state index is 0.130. The fourth-order valence-electron chi connectivity index (χ4n) is 1.94. The van der Waals surface area contributed by atoms with Crippen LogP contribution in [0, 0.1) is 0 Å². The summed E-state index contributed by atoms with van der Waals surface area (Å²) in [5, 5.41) is 3.11. The molecule has 0 spiro atoms. The first-order chi connectivity index (χ1) is 8.13. The number of methoxy groups -OCH3 is 1. The Hall–Kier alpha value is -1.55. The summed E-state index contributed by atoms with van der Waals surface area (Å²) in [6.07, 6.45) is 1.84. The Morgan fingerprint density at radius 2 is 1.94 bits per heavy atom. The van der Waals surface area contributed by atoms with Gasteiger partial charge in [0.1, 0.15) is 5.75 Å². The minimum Gasteiger partial charge on any atom is -0.497 e. The van der Waals surface area contributed by atoms with Gasteiger partial charge in [-0.3, -0.25) is 4.79 Å². The third-order valence-corrected chi connectivity index (χ3v) is 3.40. The predicted octanol–water partition coefficient (Wildman–Crippen LogP) is 1.41. The lowest BCUT2D eigenvalue weighted by molar-refractivity contribution is -0.121. The Balaban J connectivity index is 2.13. The number of nitrogens with zero attached hydrogens (tertiary/aromatic N) is 1. The van der Waals surface area contributed by atoms with Gasteiger partial charge in [-0.25, -0.2) is 0 Å². The predicted molar refractivity (Wildman–Crippen MR) is 67.4 cm³/mol. The van der Waals surface area contributed by atoms with Crippen LogP contribution in [0.2, 0.25) is 0 Å². The Kier molecular flexibility index (Phi) is 3.07. The van der Waals surface area contributed by atoms with E-state index < -0.39 is 0 Å². The molecule has 92 valence electrons. The Morgan fingerprint density at radius 1 is 1.35 bits per heavy atom. The van der Waals surface area contributed by atoms with E-state index in [1.165, 1.54) is 0 Å². The first-order valence-electron chi connectivity index (χ1n) is 5.74. The summed E-state index contributed by atoms with van der Waals surface area (Å²) in [6, 6.07) is 7.50. The van der Waals surface area contributed by atoms with Gasteiger partial charge in [-0.1, -0.05) is 0 Å². The minimum atomic E-state index is -0.325. The Labute approximate surface area is 102 Å². The lowest BCUT2D eigenvalue weighted by Gasteiger charge is -2.23. The summed E-state index contributed by atoms with van der Waals surface area (Å²) < 4.78 is 5.09. The highest BCUT2D eigenvalue weighted by Gasteiger charge is 2.50. The number of carbonyl (C=O) groups excluding carboxylic acids is 1. The van der Waals surface area contributed by atoms with Crippen LogP contribution < -0.4 is 15.0 Å². The maximum Gasteiger partial charge on any atom is 0.247 e. The van der Waals surface area contributed by atoms with Crippen molar-refractivity contribution in [1.82, 2.24) is 5.32 Å². The van der Waals surface area contributed by atoms with Crippen LogP contribution in [0.4, 0.5) is 5.69 Å². The van der Waals surface area contributed by atoms with Gasteiger partial charge in [-0.05, 0) is 44.2 Å². The van der Waals surface area contributed by atoms with Gasteiger partial charge in [-0.15, -0.1) is 0 Å². The van der Waals surface area contributed by atoms with Crippen LogP contribution in [0.1, 0.15) is 12.8 Å². The molecule has 0 aromatic heterocycles. The van der Waals surface area contributed by atoms with Gasteiger partial charge in [0.25, 0.3) is 0 Å². The number of benzene rings is 1. The second kappa shape index (κ2) is 4.37. The summed E-state index contributed by atoms with van der Waals surface area (Å²) in [7, 11) is 5.28. The van der Waals surface area contributed by atoms with Gasteiger partial charge >= 0.3 is 0 Å². The number of carbonyl (C=O) groups is 1. The smallest absolute Gasteiger partial charge is 0.247 e. The van der Waals surface area contributed by atoms with Crippen molar-refractivity contribution in [3.63, 3.8) is 0 Å². The number of rotatable bonds is 4. The van der Waals surface area contributed by atoms with Crippen molar-refractivity contribution >= 4 is 11.6 Å². The van der Waals surface area contributed by atoms with E-state index in [9.17, 15) is 4.79 Å². The molecule has 4 heteroatoms. The molecular formula is C13H18N2O2. The fraction of sp³-hybridized carbons (Fsp3) is 0.462. The molecule has 0 atom stereocenters. The SMILES string of the molecule is CNC1(C(=O)N(C)c2ccc(OC)cc2)CC1. The number of amides is 1. The van der Waals surface area contributed by atoms with Gasteiger partial charge in [-0.2, -0.15) is 0 Å². The molecule has 1 aliphatic rings. The maximum absolute atomic E-state index is 12.2. The van der Waals surface area contributed by atoms with E-state index in [4.69, 9.17) is 4.74 Å². The number of ether oxygens (including phenoxy) is 1. The van der Waals surface area contributed by atoms with Crippen LogP contribution >= 0.6 is 0 Å². The van der Waals surface area contributed by atoms with Crippen LogP contribution in [-0.2, 0) is 4.79 Å². The van der Waals surface area contributed by atoms with E-state index in [1.807, 2.05) is 38.4 Å². The van der Waals surface area contributed by atoms with Crippen molar-refractivity contribution in [1.29, 1.82) is 0 Å². The molecule has 1 saturated carbocycles. The Bertz CT molecular complexity index is 410. The maximum atomic E-state index is 12.2. The van der Waals surface area contributed by atoms with Crippen LogP contribution in [0.15, 0.2) is 24.3 Å². The van der Waals surface area contributed by atoms with Crippen molar-refractivity contribution in [2.45, 2.75) is 18.4 Å². The normalized spacial score (nSPS) is 16.4. The zero-order valence-electron chi connectivity index (χ0n) is 10.5. The number of nitrogens with one attached hydrogen (secondary N) is 1. The van der Waals surface area contributed by atoms with Crippen LogP contribution in [0.25, 0.3) is 0 Å². The zero-order chi connectivity index (χ0) is 12.5. The van der Waals surface area contributed by atoms with Crippen LogP contribution in [0.5, 0.6) is 5.75 Å². The molecule has 1 amide bonds. The van der Waals surface area contributed by atoms with Gasteiger partial charge in [0.05, 0.1) is 12.6 Å². The molecular weight excluding hydrogens is 216 g/mol. The topological polar surface area (TPSA) is 41.6 Å². The Morgan fingerprint density at radius 3 is 2.35 bits per heavy atom. The monoisotopic (exact) mass is 234 g/mol. The average molecular weight is 234 g/mol. The lowest BCUT2D eigenvalue weighted by atomic mass is 10.2. The molecule has 0 saturated heterocycles. The molecule has 0 radical (unpaired) electrons. The molecule has 17 heavy (non-hydrogen) atoms. The molecule has 0 heterocycles. The first-order valence-corrected chi connectivity index (χ1v) is 5.74. The number of hydrogen-bond donors (Lipinski definition) is 1. The molecule has 1 aromatic carbocycles. The summed E-state index contributed by atoms with van der Waals surface area (Å²) in [5.74, 6) is 0.925. The van der Waals surface area contributed by atoms with E-state index in [-0.39, 0.29) is 11.4 Å². The van der Waals surface area contributed by atoms with Gasteiger partial charge in [0, 0.05) is 12.7 Å². The highest BCUT2D eigenvalue weighted by Crippen LogP contribution is 2.37. The standard InChI is InChI=1S/C13H18N2O2/c1-14-13(8-9-13)12(16)15(2)10-4-6-11(17-3)7-5-10/h4-7,14H,8-9H2,1-3H3. The highest BCUT2D eigenvalue weighted by atomic mass is 16.5. The average Bonchev–Trinajstić information content (AvgIpc) is 3.18. The van der Waals surface area contributed by atoms with Crippen LogP contribution in [0.3, 0.4) is 0 Å². The molecule has 1 aromatic rings. The van der Waals surface area contributed by atoms with Gasteiger partial charge in [0.2, 0.25) is 5.91 Å². The molecule has 0 aliphatic heterocycles. The van der Waals surface area contributed by atoms with Crippen LogP contribution in [-0.4, -0.2) is 32.7 Å². The van der Waals surface area contributed by atoms with E-state index in [0.29, 0.717) is 0 Å². The third-order valence-electron chi connectivity index (χ3n) is 3.40. The number of hydrogen-bond acceptors (Lipinski definition) is 3. The molecule has 2 rings (SSSR count). The molecule has 4 nitrogen and oxygen atoms in total. The summed E-state index contributed by atoms with van der Waals surface area (Å²) >= 11 is 0. The van der Waals surface area contributed by atoms with Gasteiger partial charge < -0.3 is 15.0 Å². The zero-order valence-corrected chi connectivity index (χ0v) is 10.5. The molecule has 1 fully saturated rings. The summed E-state index contributed by atoms with van der Waals surface area (Å²) in [4.78, 5) is 13.9. The van der Waals surface area contributed by atoms with E-state index in [0.717, 1.165) is 24.3 Å². The van der Waals surface area contributed by atoms with E-state index in [1.54, 1.807) is 12.0 Å². The molecule has 1 N–H and O–H groups in total. The van der Waals surface area contributed by atoms with E-state index >= 15 is 0 Å². The molecule has 0 bridgehead atoms. The second-order valence-corrected chi connectivity index (χ2v) is 4.39. The second-order valence-electron chi connectivity index (χ2n) is 4.39. The van der Waals surface area contributed by atoms with Crippen molar-refractivity contribution in [3.8, 4) is 5.75 Å². The van der Waals surface area contributed by atoms with Gasteiger partial charge in [0.15, 0.2) is 0 Å². The fourth-order valence-corrected chi connectivity index (χ4v) is 1.94. The summed E-state index contributed by atoms with van der Waals surface area (Å²) in [6.45, 7) is 0. The number of anilines is 1. The largest absolute Gasteiger partial charge is 0.497 e. The van der Waals surface area contributed by atoms with E-state index in [2.05, 4.69) is 5.32 Å². The first kappa shape index (κ1) is 11.9. The van der Waals surface area contributed by atoms with Crippen molar-refractivity contribution in [3.05, 3.63) is 24.3 Å². The lowest BCUT2D eigenvalue weighted by Crippen LogP contribution is -2.45. The van der Waals surface area contributed by atoms with Crippen molar-refractivity contribution in [2.75, 3.05) is 26.1 Å². The molecule has 1 aliphatic carbocycles. The van der Waals surface area contributed by atoms with Crippen molar-refractivity contribution in [2.24, 2.45) is 0 Å².